The first kappa shape index (κ1) is 20.4. The molecule has 25 heavy (non-hydrogen) atoms. The Bertz CT molecular complexity index is 666. The number of ketones is 1. The molecule has 0 saturated heterocycles. The van der Waals surface area contributed by atoms with E-state index in [2.05, 4.69) is 0 Å². The van der Waals surface area contributed by atoms with Crippen molar-refractivity contribution < 1.29 is 34.1 Å². The molecule has 0 spiro atoms. The average Bonchev–Trinajstić information content (AvgIpc) is 2.51. The van der Waals surface area contributed by atoms with Crippen molar-refractivity contribution in [3.05, 3.63) is 41.5 Å². The number of Topliss-reactive ketones (excluding diaryl/α,β-unsaturated/α-hetero) is 1. The molecule has 1 unspecified atom stereocenters. The minimum atomic E-state index is -1.45. The molecule has 7 heteroatoms. The second-order valence-corrected chi connectivity index (χ2v) is 6.11. The number of carbonyl (C=O) groups excluding carboxylic acids is 2. The largest absolute Gasteiger partial charge is 0.487 e. The fraction of sp³-hybridized carbons (Fsp3) is 0.389. The molecule has 0 aliphatic carbocycles. The average molecular weight is 350 g/mol. The molecule has 136 valence electrons. The zero-order chi connectivity index (χ0) is 19.2. The van der Waals surface area contributed by atoms with Crippen LogP contribution < -0.4 is 4.74 Å². The van der Waals surface area contributed by atoms with Crippen LogP contribution in [0.5, 0.6) is 5.75 Å². The Kier molecular flexibility index (Phi) is 6.87. The van der Waals surface area contributed by atoms with Gasteiger partial charge < -0.3 is 19.7 Å². The summed E-state index contributed by atoms with van der Waals surface area (Å²) >= 11 is 0. The summed E-state index contributed by atoms with van der Waals surface area (Å²) in [5.74, 6) is -1.89. The summed E-state index contributed by atoms with van der Waals surface area (Å²) in [6.07, 6.45) is 0.295. The molecule has 0 aliphatic rings. The van der Waals surface area contributed by atoms with Crippen LogP contribution in [-0.4, -0.2) is 46.2 Å². The van der Waals surface area contributed by atoms with Gasteiger partial charge >= 0.3 is 11.9 Å². The van der Waals surface area contributed by atoms with Crippen molar-refractivity contribution in [3.8, 4) is 5.75 Å². The Morgan fingerprint density at radius 1 is 1.20 bits per heavy atom. The van der Waals surface area contributed by atoms with Crippen LogP contribution >= 0.6 is 0 Å². The van der Waals surface area contributed by atoms with Gasteiger partial charge in [-0.1, -0.05) is 0 Å². The molecular formula is C18H22O7. The monoisotopic (exact) mass is 350 g/mol. The summed E-state index contributed by atoms with van der Waals surface area (Å²) in [5.41, 5.74) is -1.12. The van der Waals surface area contributed by atoms with E-state index >= 15 is 0 Å². The molecule has 0 heterocycles. The lowest BCUT2D eigenvalue weighted by Crippen LogP contribution is -2.31. The number of aliphatic hydroxyl groups is 1. The van der Waals surface area contributed by atoms with Crippen molar-refractivity contribution in [2.45, 2.75) is 39.4 Å². The van der Waals surface area contributed by atoms with Gasteiger partial charge in [0.1, 0.15) is 24.1 Å². The predicted molar refractivity (Wildman–Crippen MR) is 89.5 cm³/mol. The SMILES string of the molecule is C/C(=C/C(=O)O)C(=O)OCC(C)Oc1ccc(C(=O)C(C)(C)O)cc1. The Labute approximate surface area is 145 Å². The number of benzene rings is 1. The van der Waals surface area contributed by atoms with Crippen molar-refractivity contribution in [1.29, 1.82) is 0 Å². The van der Waals surface area contributed by atoms with Crippen LogP contribution in [0.1, 0.15) is 38.1 Å². The highest BCUT2D eigenvalue weighted by Gasteiger charge is 2.25. The van der Waals surface area contributed by atoms with Gasteiger partial charge in [-0.2, -0.15) is 0 Å². The molecule has 1 atom stereocenters. The highest BCUT2D eigenvalue weighted by atomic mass is 16.6. The maximum absolute atomic E-state index is 11.9. The van der Waals surface area contributed by atoms with Crippen LogP contribution in [0.4, 0.5) is 0 Å². The van der Waals surface area contributed by atoms with E-state index in [1.807, 2.05) is 0 Å². The fourth-order valence-corrected chi connectivity index (χ4v) is 1.86. The third kappa shape index (κ3) is 6.76. The highest BCUT2D eigenvalue weighted by Crippen LogP contribution is 2.18. The molecule has 7 nitrogen and oxygen atoms in total. The summed E-state index contributed by atoms with van der Waals surface area (Å²) in [5, 5.41) is 18.3. The molecule has 0 aliphatic heterocycles. The summed E-state index contributed by atoms with van der Waals surface area (Å²) < 4.78 is 10.5. The number of rotatable bonds is 8. The molecule has 0 amide bonds. The number of aliphatic carboxylic acids is 1. The van der Waals surface area contributed by atoms with E-state index in [9.17, 15) is 19.5 Å². The van der Waals surface area contributed by atoms with Gasteiger partial charge in [-0.3, -0.25) is 4.79 Å². The quantitative estimate of drug-likeness (QED) is 0.419. The zero-order valence-corrected chi connectivity index (χ0v) is 14.6. The second-order valence-electron chi connectivity index (χ2n) is 6.11. The third-order valence-electron chi connectivity index (χ3n) is 3.12. The molecular weight excluding hydrogens is 328 g/mol. The van der Waals surface area contributed by atoms with Gasteiger partial charge in [-0.05, 0) is 52.0 Å². The molecule has 1 aromatic rings. The standard InChI is InChI=1S/C18H22O7/c1-11(9-15(19)20)17(22)24-10-12(2)25-14-7-5-13(6-8-14)16(21)18(3,4)23/h5-9,12,23H,10H2,1-4H3,(H,19,20)/b11-9-. The van der Waals surface area contributed by atoms with E-state index in [0.717, 1.165) is 6.08 Å². The number of carboxylic acids is 1. The first-order valence-electron chi connectivity index (χ1n) is 7.63. The molecule has 1 rings (SSSR count). The molecule has 0 radical (unpaired) electrons. The first-order valence-corrected chi connectivity index (χ1v) is 7.63. The van der Waals surface area contributed by atoms with Crippen LogP contribution in [0.3, 0.4) is 0 Å². The van der Waals surface area contributed by atoms with E-state index in [1.165, 1.54) is 32.9 Å². The summed E-state index contributed by atoms with van der Waals surface area (Å²) in [6.45, 7) is 5.79. The van der Waals surface area contributed by atoms with E-state index in [1.54, 1.807) is 19.1 Å². The minimum absolute atomic E-state index is 0.0193. The Balaban J connectivity index is 2.58. The number of ether oxygens (including phenoxy) is 2. The fourth-order valence-electron chi connectivity index (χ4n) is 1.86. The van der Waals surface area contributed by atoms with Gasteiger partial charge in [-0.15, -0.1) is 0 Å². The molecule has 0 bridgehead atoms. The number of hydrogen-bond acceptors (Lipinski definition) is 6. The van der Waals surface area contributed by atoms with Gasteiger partial charge in [0.15, 0.2) is 5.78 Å². The van der Waals surface area contributed by atoms with Crippen LogP contribution in [0.15, 0.2) is 35.9 Å². The van der Waals surface area contributed by atoms with Crippen LogP contribution in [0.25, 0.3) is 0 Å². The van der Waals surface area contributed by atoms with E-state index in [0.29, 0.717) is 11.3 Å². The number of esters is 1. The van der Waals surface area contributed by atoms with Crippen molar-refractivity contribution in [1.82, 2.24) is 0 Å². The molecule has 2 N–H and O–H groups in total. The van der Waals surface area contributed by atoms with Gasteiger partial charge in [-0.25, -0.2) is 9.59 Å². The van der Waals surface area contributed by atoms with E-state index < -0.39 is 29.4 Å². The van der Waals surface area contributed by atoms with Crippen molar-refractivity contribution in [2.75, 3.05) is 6.61 Å². The van der Waals surface area contributed by atoms with Crippen LogP contribution in [-0.2, 0) is 14.3 Å². The van der Waals surface area contributed by atoms with E-state index in [4.69, 9.17) is 14.6 Å². The van der Waals surface area contributed by atoms with Gasteiger partial charge in [0.05, 0.1) is 0 Å². The van der Waals surface area contributed by atoms with Crippen LogP contribution in [0, 0.1) is 0 Å². The van der Waals surface area contributed by atoms with Crippen molar-refractivity contribution in [3.63, 3.8) is 0 Å². The van der Waals surface area contributed by atoms with Gasteiger partial charge in [0, 0.05) is 17.2 Å². The lowest BCUT2D eigenvalue weighted by molar-refractivity contribution is -0.141. The summed E-state index contributed by atoms with van der Waals surface area (Å²) in [6, 6.07) is 6.22. The molecule has 0 fully saturated rings. The first-order chi connectivity index (χ1) is 11.5. The maximum Gasteiger partial charge on any atom is 0.334 e. The number of hydrogen-bond donors (Lipinski definition) is 2. The highest BCUT2D eigenvalue weighted by molar-refractivity contribution is 6.01. The molecule has 0 aromatic heterocycles. The van der Waals surface area contributed by atoms with Crippen LogP contribution in [0.2, 0.25) is 0 Å². The normalized spacial score (nSPS) is 13.1. The maximum atomic E-state index is 11.9. The van der Waals surface area contributed by atoms with E-state index in [-0.39, 0.29) is 12.2 Å². The van der Waals surface area contributed by atoms with Gasteiger partial charge in [0.2, 0.25) is 0 Å². The Hall–Kier alpha value is -2.67. The van der Waals surface area contributed by atoms with Gasteiger partial charge in [0.25, 0.3) is 0 Å². The van der Waals surface area contributed by atoms with Crippen molar-refractivity contribution >= 4 is 17.7 Å². The predicted octanol–water partition coefficient (Wildman–Crippen LogP) is 1.98. The second kappa shape index (κ2) is 8.43. The lowest BCUT2D eigenvalue weighted by atomic mass is 9.97. The number of carbonyl (C=O) groups is 3. The summed E-state index contributed by atoms with van der Waals surface area (Å²) in [4.78, 5) is 34.0. The molecule has 0 saturated carbocycles. The zero-order valence-electron chi connectivity index (χ0n) is 14.6. The topological polar surface area (TPSA) is 110 Å². The minimum Gasteiger partial charge on any atom is -0.487 e. The number of carboxylic acid groups (broad SMARTS) is 1. The lowest BCUT2D eigenvalue weighted by Gasteiger charge is -2.17. The summed E-state index contributed by atoms with van der Waals surface area (Å²) in [7, 11) is 0. The smallest absolute Gasteiger partial charge is 0.334 e. The molecule has 1 aromatic carbocycles. The van der Waals surface area contributed by atoms with Crippen molar-refractivity contribution in [2.24, 2.45) is 0 Å². The Morgan fingerprint density at radius 2 is 1.76 bits per heavy atom. The third-order valence-corrected chi connectivity index (χ3v) is 3.12. The Morgan fingerprint density at radius 3 is 2.24 bits per heavy atom.